The molecule has 0 aromatic heterocycles. The van der Waals surface area contributed by atoms with E-state index >= 15 is 0 Å². The predicted octanol–water partition coefficient (Wildman–Crippen LogP) is 2.24. The van der Waals surface area contributed by atoms with E-state index in [0.717, 1.165) is 16.9 Å². The molecule has 0 bridgehead atoms. The van der Waals surface area contributed by atoms with Crippen LogP contribution in [0.25, 0.3) is 0 Å². The Labute approximate surface area is 146 Å². The second-order valence-corrected chi connectivity index (χ2v) is 5.60. The van der Waals surface area contributed by atoms with E-state index in [-0.39, 0.29) is 12.6 Å². The average molecular weight is 339 g/mol. The molecule has 130 valence electrons. The largest absolute Gasteiger partial charge is 0.491 e. The van der Waals surface area contributed by atoms with Gasteiger partial charge in [-0.2, -0.15) is 5.10 Å². The lowest BCUT2D eigenvalue weighted by Gasteiger charge is -2.09. The van der Waals surface area contributed by atoms with Gasteiger partial charge in [-0.1, -0.05) is 30.3 Å². The molecule has 0 heterocycles. The zero-order valence-electron chi connectivity index (χ0n) is 14.2. The van der Waals surface area contributed by atoms with Gasteiger partial charge in [0.05, 0.1) is 12.3 Å². The summed E-state index contributed by atoms with van der Waals surface area (Å²) in [5, 5.41) is 6.31. The Balaban J connectivity index is 1.78. The van der Waals surface area contributed by atoms with Gasteiger partial charge in [0.1, 0.15) is 5.75 Å². The van der Waals surface area contributed by atoms with Crippen molar-refractivity contribution in [2.45, 2.75) is 26.5 Å². The summed E-state index contributed by atoms with van der Waals surface area (Å²) in [6.07, 6.45) is 1.56. The van der Waals surface area contributed by atoms with Gasteiger partial charge in [-0.25, -0.2) is 5.43 Å². The van der Waals surface area contributed by atoms with E-state index in [4.69, 9.17) is 4.74 Å². The fraction of sp³-hybridized carbons (Fsp3) is 0.211. The monoisotopic (exact) mass is 339 g/mol. The molecule has 0 fully saturated rings. The number of carbonyl (C=O) groups excluding carboxylic acids is 2. The van der Waals surface area contributed by atoms with E-state index in [1.165, 1.54) is 6.21 Å². The molecular formula is C19H21N3O3. The summed E-state index contributed by atoms with van der Waals surface area (Å²) in [4.78, 5) is 23.4. The molecule has 0 aliphatic carbocycles. The summed E-state index contributed by atoms with van der Waals surface area (Å²) < 4.78 is 5.54. The molecule has 0 aliphatic rings. The van der Waals surface area contributed by atoms with Crippen molar-refractivity contribution in [2.75, 3.05) is 0 Å². The molecule has 0 unspecified atom stereocenters. The first-order valence-electron chi connectivity index (χ1n) is 7.96. The van der Waals surface area contributed by atoms with Crippen LogP contribution in [0.15, 0.2) is 59.7 Å². The molecule has 25 heavy (non-hydrogen) atoms. The van der Waals surface area contributed by atoms with Gasteiger partial charge in [-0.3, -0.25) is 9.59 Å². The van der Waals surface area contributed by atoms with E-state index in [1.807, 2.05) is 68.4 Å². The Morgan fingerprint density at radius 3 is 2.36 bits per heavy atom. The lowest BCUT2D eigenvalue weighted by molar-refractivity contribution is -0.139. The van der Waals surface area contributed by atoms with Crippen LogP contribution < -0.4 is 15.5 Å². The zero-order valence-corrected chi connectivity index (χ0v) is 14.2. The van der Waals surface area contributed by atoms with Crippen molar-refractivity contribution < 1.29 is 14.3 Å². The second kappa shape index (κ2) is 9.22. The topological polar surface area (TPSA) is 79.8 Å². The summed E-state index contributed by atoms with van der Waals surface area (Å²) >= 11 is 0. The summed E-state index contributed by atoms with van der Waals surface area (Å²) in [5.74, 6) is -0.787. The Hall–Kier alpha value is -3.15. The molecule has 6 heteroatoms. The first kappa shape index (κ1) is 18.2. The molecule has 2 aromatic carbocycles. The van der Waals surface area contributed by atoms with Crippen LogP contribution in [-0.4, -0.2) is 24.1 Å². The molecule has 0 saturated heterocycles. The number of nitrogens with zero attached hydrogens (tertiary/aromatic N) is 1. The van der Waals surface area contributed by atoms with Crippen molar-refractivity contribution in [3.05, 3.63) is 65.7 Å². The molecule has 2 N–H and O–H groups in total. The number of hydrazone groups is 1. The third-order valence-electron chi connectivity index (χ3n) is 3.13. The normalized spacial score (nSPS) is 10.7. The molecular weight excluding hydrogens is 318 g/mol. The Morgan fingerprint density at radius 2 is 1.72 bits per heavy atom. The van der Waals surface area contributed by atoms with Gasteiger partial charge in [0.25, 0.3) is 0 Å². The van der Waals surface area contributed by atoms with Gasteiger partial charge >= 0.3 is 11.8 Å². The fourth-order valence-corrected chi connectivity index (χ4v) is 1.98. The first-order chi connectivity index (χ1) is 12.0. The van der Waals surface area contributed by atoms with Crippen molar-refractivity contribution in [1.29, 1.82) is 0 Å². The highest BCUT2D eigenvalue weighted by molar-refractivity contribution is 6.35. The van der Waals surface area contributed by atoms with Crippen LogP contribution in [0.2, 0.25) is 0 Å². The molecule has 2 amide bonds. The summed E-state index contributed by atoms with van der Waals surface area (Å²) in [7, 11) is 0. The van der Waals surface area contributed by atoms with Crippen molar-refractivity contribution in [3.63, 3.8) is 0 Å². The maximum atomic E-state index is 11.7. The Kier molecular flexibility index (Phi) is 6.71. The van der Waals surface area contributed by atoms with Gasteiger partial charge in [0.2, 0.25) is 0 Å². The quantitative estimate of drug-likeness (QED) is 0.481. The van der Waals surface area contributed by atoms with Gasteiger partial charge in [-0.05, 0) is 49.2 Å². The molecule has 0 atom stereocenters. The van der Waals surface area contributed by atoms with Crippen LogP contribution >= 0.6 is 0 Å². The van der Waals surface area contributed by atoms with E-state index in [2.05, 4.69) is 15.8 Å². The third kappa shape index (κ3) is 6.47. The average Bonchev–Trinajstić information content (AvgIpc) is 2.61. The standard InChI is InChI=1S/C19H21N3O3/c1-14(2)25-17-10-8-16(9-11-17)13-21-22-19(24)18(23)20-12-15-6-4-3-5-7-15/h3-11,13-14H,12H2,1-2H3,(H,20,23)(H,22,24)/b21-13-. The van der Waals surface area contributed by atoms with Gasteiger partial charge in [0.15, 0.2) is 0 Å². The third-order valence-corrected chi connectivity index (χ3v) is 3.13. The van der Waals surface area contributed by atoms with Crippen molar-refractivity contribution in [1.82, 2.24) is 10.7 Å². The van der Waals surface area contributed by atoms with Gasteiger partial charge < -0.3 is 10.1 Å². The predicted molar refractivity (Wildman–Crippen MR) is 96.2 cm³/mol. The molecule has 6 nitrogen and oxygen atoms in total. The summed E-state index contributed by atoms with van der Waals surface area (Å²) in [5.41, 5.74) is 3.89. The van der Waals surface area contributed by atoms with Crippen LogP contribution in [0.1, 0.15) is 25.0 Å². The van der Waals surface area contributed by atoms with Crippen molar-refractivity contribution in [3.8, 4) is 5.75 Å². The van der Waals surface area contributed by atoms with E-state index < -0.39 is 11.8 Å². The number of nitrogens with one attached hydrogen (secondary N) is 2. The highest BCUT2D eigenvalue weighted by Crippen LogP contribution is 2.12. The van der Waals surface area contributed by atoms with Crippen LogP contribution in [0, 0.1) is 0 Å². The Bertz CT molecular complexity index is 725. The summed E-state index contributed by atoms with van der Waals surface area (Å²) in [6.45, 7) is 4.19. The van der Waals surface area contributed by atoms with E-state index in [1.54, 1.807) is 0 Å². The minimum Gasteiger partial charge on any atom is -0.491 e. The number of rotatable bonds is 6. The zero-order chi connectivity index (χ0) is 18.1. The lowest BCUT2D eigenvalue weighted by Crippen LogP contribution is -2.37. The minimum absolute atomic E-state index is 0.105. The second-order valence-electron chi connectivity index (χ2n) is 5.60. The summed E-state index contributed by atoms with van der Waals surface area (Å²) in [6, 6.07) is 16.6. The van der Waals surface area contributed by atoms with Crippen LogP contribution in [-0.2, 0) is 16.1 Å². The molecule has 2 rings (SSSR count). The van der Waals surface area contributed by atoms with Gasteiger partial charge in [-0.15, -0.1) is 0 Å². The van der Waals surface area contributed by atoms with Crippen LogP contribution in [0.3, 0.4) is 0 Å². The van der Waals surface area contributed by atoms with Crippen LogP contribution in [0.5, 0.6) is 5.75 Å². The Morgan fingerprint density at radius 1 is 1.04 bits per heavy atom. The lowest BCUT2D eigenvalue weighted by atomic mass is 10.2. The number of carbonyl (C=O) groups is 2. The molecule has 0 radical (unpaired) electrons. The fourth-order valence-electron chi connectivity index (χ4n) is 1.98. The number of benzene rings is 2. The number of hydrogen-bond donors (Lipinski definition) is 2. The first-order valence-corrected chi connectivity index (χ1v) is 7.96. The number of ether oxygens (including phenoxy) is 1. The van der Waals surface area contributed by atoms with Crippen LogP contribution in [0.4, 0.5) is 0 Å². The number of amides is 2. The smallest absolute Gasteiger partial charge is 0.329 e. The van der Waals surface area contributed by atoms with Crippen molar-refractivity contribution >= 4 is 18.0 Å². The highest BCUT2D eigenvalue weighted by Gasteiger charge is 2.11. The van der Waals surface area contributed by atoms with Crippen molar-refractivity contribution in [2.24, 2.45) is 5.10 Å². The number of hydrogen-bond acceptors (Lipinski definition) is 4. The molecule has 0 saturated carbocycles. The van der Waals surface area contributed by atoms with Gasteiger partial charge in [0, 0.05) is 6.54 Å². The highest BCUT2D eigenvalue weighted by atomic mass is 16.5. The molecule has 2 aromatic rings. The molecule has 0 spiro atoms. The molecule has 0 aliphatic heterocycles. The minimum atomic E-state index is -0.813. The SMILES string of the molecule is CC(C)Oc1ccc(/C=N\NC(=O)C(=O)NCc2ccccc2)cc1. The maximum Gasteiger partial charge on any atom is 0.329 e. The maximum absolute atomic E-state index is 11.7. The van der Waals surface area contributed by atoms with E-state index in [9.17, 15) is 9.59 Å². The van der Waals surface area contributed by atoms with E-state index in [0.29, 0.717) is 0 Å².